The van der Waals surface area contributed by atoms with Gasteiger partial charge >= 0.3 is 0 Å². The number of hydrogen-bond donors (Lipinski definition) is 0. The summed E-state index contributed by atoms with van der Waals surface area (Å²) < 4.78 is 35.3. The molecule has 0 amide bonds. The molecule has 0 spiro atoms. The van der Waals surface area contributed by atoms with E-state index in [0.717, 1.165) is 42.9 Å². The Labute approximate surface area is 159 Å². The lowest BCUT2D eigenvalue weighted by atomic mass is 10.1. The molecule has 1 aliphatic rings. The van der Waals surface area contributed by atoms with E-state index in [1.807, 2.05) is 24.3 Å². The molecule has 6 heteroatoms. The smallest absolute Gasteiger partial charge is 0.164 e. The van der Waals surface area contributed by atoms with Crippen LogP contribution in [0, 0.1) is 5.82 Å². The summed E-state index contributed by atoms with van der Waals surface area (Å²) in [5, 5.41) is 0. The lowest BCUT2D eigenvalue weighted by Crippen LogP contribution is -2.42. The van der Waals surface area contributed by atoms with Crippen molar-refractivity contribution < 1.29 is 23.3 Å². The third kappa shape index (κ3) is 4.90. The molecule has 1 unspecified atom stereocenters. The summed E-state index contributed by atoms with van der Waals surface area (Å²) in [6.07, 6.45) is 0.843. The van der Waals surface area contributed by atoms with Crippen molar-refractivity contribution >= 4 is 0 Å². The van der Waals surface area contributed by atoms with Crippen molar-refractivity contribution in [1.29, 1.82) is 0 Å². The molecule has 2 aromatic rings. The Morgan fingerprint density at radius 1 is 1.00 bits per heavy atom. The molecule has 1 saturated heterocycles. The lowest BCUT2D eigenvalue weighted by Gasteiger charge is -2.33. The third-order valence-electron chi connectivity index (χ3n) is 4.78. The molecule has 0 saturated carbocycles. The van der Waals surface area contributed by atoms with Crippen LogP contribution in [-0.2, 0) is 17.7 Å². The maximum Gasteiger partial charge on any atom is 0.164 e. The largest absolute Gasteiger partial charge is 0.496 e. The van der Waals surface area contributed by atoms with Crippen LogP contribution in [-0.4, -0.2) is 52.0 Å². The van der Waals surface area contributed by atoms with E-state index in [4.69, 9.17) is 18.9 Å². The molecule has 0 bridgehead atoms. The van der Waals surface area contributed by atoms with Crippen LogP contribution >= 0.6 is 0 Å². The first kappa shape index (κ1) is 19.5. The molecule has 0 aliphatic carbocycles. The van der Waals surface area contributed by atoms with Crippen LogP contribution in [0.1, 0.15) is 11.1 Å². The van der Waals surface area contributed by atoms with E-state index in [9.17, 15) is 4.39 Å². The highest BCUT2D eigenvalue weighted by molar-refractivity contribution is 5.50. The van der Waals surface area contributed by atoms with Crippen LogP contribution in [0.5, 0.6) is 17.2 Å². The highest BCUT2D eigenvalue weighted by Crippen LogP contribution is 2.35. The van der Waals surface area contributed by atoms with Gasteiger partial charge in [0.25, 0.3) is 0 Å². The van der Waals surface area contributed by atoms with Crippen molar-refractivity contribution in [2.24, 2.45) is 0 Å². The summed E-state index contributed by atoms with van der Waals surface area (Å²) in [5.41, 5.74) is 2.12. The first-order chi connectivity index (χ1) is 13.1. The number of hydrogen-bond acceptors (Lipinski definition) is 5. The Balaban J connectivity index is 1.69. The van der Waals surface area contributed by atoms with Gasteiger partial charge in [-0.3, -0.25) is 4.90 Å². The molecule has 0 radical (unpaired) electrons. The first-order valence-corrected chi connectivity index (χ1v) is 9.00. The molecule has 27 heavy (non-hydrogen) atoms. The number of benzene rings is 2. The van der Waals surface area contributed by atoms with Crippen LogP contribution in [0.15, 0.2) is 36.4 Å². The molecular weight excluding hydrogens is 349 g/mol. The number of ether oxygens (including phenoxy) is 4. The molecule has 1 heterocycles. The van der Waals surface area contributed by atoms with E-state index in [2.05, 4.69) is 4.90 Å². The number of halogens is 1. The Morgan fingerprint density at radius 2 is 1.67 bits per heavy atom. The van der Waals surface area contributed by atoms with Crippen molar-refractivity contribution in [1.82, 2.24) is 4.90 Å². The van der Waals surface area contributed by atoms with Gasteiger partial charge in [0, 0.05) is 31.3 Å². The zero-order chi connectivity index (χ0) is 19.2. The highest BCUT2D eigenvalue weighted by atomic mass is 19.1. The molecule has 1 fully saturated rings. The van der Waals surface area contributed by atoms with Gasteiger partial charge in [-0.15, -0.1) is 0 Å². The molecule has 3 rings (SSSR count). The van der Waals surface area contributed by atoms with Gasteiger partial charge in [0.1, 0.15) is 11.6 Å². The van der Waals surface area contributed by atoms with E-state index in [0.29, 0.717) is 18.1 Å². The van der Waals surface area contributed by atoms with Gasteiger partial charge in [-0.05, 0) is 30.2 Å². The van der Waals surface area contributed by atoms with Gasteiger partial charge in [0.2, 0.25) is 0 Å². The van der Waals surface area contributed by atoms with Gasteiger partial charge in [-0.2, -0.15) is 0 Å². The second-order valence-corrected chi connectivity index (χ2v) is 6.58. The standard InChI is InChI=1S/C21H26FNO4/c1-24-19-12-21(26-3)20(25-2)11-16(19)13-23-8-9-27-18(14-23)10-15-4-6-17(22)7-5-15/h4-7,11-12,18H,8-10,13-14H2,1-3H3. The number of nitrogens with zero attached hydrogens (tertiary/aromatic N) is 1. The van der Waals surface area contributed by atoms with E-state index >= 15 is 0 Å². The van der Waals surface area contributed by atoms with Crippen LogP contribution < -0.4 is 14.2 Å². The summed E-state index contributed by atoms with van der Waals surface area (Å²) in [7, 11) is 4.89. The first-order valence-electron chi connectivity index (χ1n) is 9.00. The summed E-state index contributed by atoms with van der Waals surface area (Å²) in [6.45, 7) is 3.04. The molecule has 1 aliphatic heterocycles. The van der Waals surface area contributed by atoms with Gasteiger partial charge in [-0.1, -0.05) is 12.1 Å². The molecule has 146 valence electrons. The van der Waals surface area contributed by atoms with Crippen molar-refractivity contribution in [3.8, 4) is 17.2 Å². The Kier molecular flexibility index (Phi) is 6.53. The van der Waals surface area contributed by atoms with Gasteiger partial charge in [0.15, 0.2) is 11.5 Å². The average Bonchev–Trinajstić information content (AvgIpc) is 2.69. The zero-order valence-corrected chi connectivity index (χ0v) is 16.0. The minimum absolute atomic E-state index is 0.0790. The Morgan fingerprint density at radius 3 is 2.33 bits per heavy atom. The molecule has 0 aromatic heterocycles. The molecule has 1 atom stereocenters. The molecule has 2 aromatic carbocycles. The van der Waals surface area contributed by atoms with Crippen LogP contribution in [0.4, 0.5) is 4.39 Å². The van der Waals surface area contributed by atoms with E-state index in [-0.39, 0.29) is 11.9 Å². The second kappa shape index (κ2) is 9.06. The normalized spacial score (nSPS) is 17.6. The predicted octanol–water partition coefficient (Wildman–Crippen LogP) is 3.30. The summed E-state index contributed by atoms with van der Waals surface area (Å²) in [6, 6.07) is 10.4. The van der Waals surface area contributed by atoms with E-state index < -0.39 is 0 Å². The van der Waals surface area contributed by atoms with Crippen LogP contribution in [0.2, 0.25) is 0 Å². The molecule has 5 nitrogen and oxygen atoms in total. The maximum absolute atomic E-state index is 13.1. The summed E-state index contributed by atoms with van der Waals surface area (Å²) in [5.74, 6) is 1.89. The average molecular weight is 375 g/mol. The summed E-state index contributed by atoms with van der Waals surface area (Å²) >= 11 is 0. The van der Waals surface area contributed by atoms with Crippen molar-refractivity contribution in [3.05, 3.63) is 53.3 Å². The lowest BCUT2D eigenvalue weighted by molar-refractivity contribution is -0.0306. The maximum atomic E-state index is 13.1. The second-order valence-electron chi connectivity index (χ2n) is 6.58. The SMILES string of the molecule is COc1cc(OC)c(OC)cc1CN1CCOC(Cc2ccc(F)cc2)C1. The topological polar surface area (TPSA) is 40.2 Å². The number of morpholine rings is 1. The highest BCUT2D eigenvalue weighted by Gasteiger charge is 2.23. The predicted molar refractivity (Wildman–Crippen MR) is 101 cm³/mol. The van der Waals surface area contributed by atoms with E-state index in [1.165, 1.54) is 12.1 Å². The van der Waals surface area contributed by atoms with Gasteiger partial charge in [0.05, 0.1) is 34.0 Å². The van der Waals surface area contributed by atoms with Gasteiger partial charge < -0.3 is 18.9 Å². The fourth-order valence-electron chi connectivity index (χ4n) is 3.39. The van der Waals surface area contributed by atoms with Crippen molar-refractivity contribution in [2.75, 3.05) is 41.0 Å². The Bertz CT molecular complexity index is 751. The summed E-state index contributed by atoms with van der Waals surface area (Å²) in [4.78, 5) is 2.33. The van der Waals surface area contributed by atoms with Gasteiger partial charge in [-0.25, -0.2) is 4.39 Å². The third-order valence-corrected chi connectivity index (χ3v) is 4.78. The number of rotatable bonds is 7. The monoisotopic (exact) mass is 375 g/mol. The quantitative estimate of drug-likeness (QED) is 0.743. The number of methoxy groups -OCH3 is 3. The van der Waals surface area contributed by atoms with Crippen molar-refractivity contribution in [3.63, 3.8) is 0 Å². The Hall–Kier alpha value is -2.31. The minimum Gasteiger partial charge on any atom is -0.496 e. The van der Waals surface area contributed by atoms with Crippen LogP contribution in [0.25, 0.3) is 0 Å². The van der Waals surface area contributed by atoms with Crippen molar-refractivity contribution in [2.45, 2.75) is 19.1 Å². The zero-order valence-electron chi connectivity index (χ0n) is 16.0. The fraction of sp³-hybridized carbons (Fsp3) is 0.429. The van der Waals surface area contributed by atoms with E-state index in [1.54, 1.807) is 21.3 Å². The molecular formula is C21H26FNO4. The van der Waals surface area contributed by atoms with Crippen LogP contribution in [0.3, 0.4) is 0 Å². The minimum atomic E-state index is -0.217. The fourth-order valence-corrected chi connectivity index (χ4v) is 3.39. The molecule has 0 N–H and O–H groups in total.